The van der Waals surface area contributed by atoms with Gasteiger partial charge in [0.25, 0.3) is 5.97 Å². The highest BCUT2D eigenvalue weighted by Crippen LogP contribution is 2.50. The topological polar surface area (TPSA) is 36.9 Å². The maximum atomic E-state index is 15.1. The van der Waals surface area contributed by atoms with Gasteiger partial charge in [-0.15, -0.1) is 0 Å². The summed E-state index contributed by atoms with van der Waals surface area (Å²) in [6, 6.07) is 4.21. The molecule has 0 aromatic heterocycles. The molecular weight excluding hydrogens is 610 g/mol. The van der Waals surface area contributed by atoms with Gasteiger partial charge < -0.3 is 18.9 Å². The minimum atomic E-state index is -3.57. The predicted molar refractivity (Wildman–Crippen MR) is 162 cm³/mol. The molecule has 3 heterocycles. The molecule has 0 N–H and O–H groups in total. The van der Waals surface area contributed by atoms with Crippen LogP contribution in [0.25, 0.3) is 11.1 Å². The van der Waals surface area contributed by atoms with E-state index in [1.165, 1.54) is 19.8 Å². The van der Waals surface area contributed by atoms with Gasteiger partial charge in [-0.3, -0.25) is 0 Å². The van der Waals surface area contributed by atoms with E-state index in [2.05, 4.69) is 13.8 Å². The van der Waals surface area contributed by atoms with E-state index in [1.807, 2.05) is 0 Å². The Morgan fingerprint density at radius 1 is 0.848 bits per heavy atom. The van der Waals surface area contributed by atoms with Gasteiger partial charge in [0.1, 0.15) is 11.6 Å². The van der Waals surface area contributed by atoms with Crippen molar-refractivity contribution in [3.8, 4) is 16.9 Å². The first-order valence-corrected chi connectivity index (χ1v) is 16.8. The van der Waals surface area contributed by atoms with Crippen LogP contribution in [0.4, 0.5) is 26.3 Å². The highest BCUT2D eigenvalue weighted by atomic mass is 19.3. The van der Waals surface area contributed by atoms with E-state index < -0.39 is 47.0 Å². The molecule has 0 amide bonds. The first-order chi connectivity index (χ1) is 21.9. The van der Waals surface area contributed by atoms with E-state index in [4.69, 9.17) is 18.9 Å². The molecule has 2 aromatic rings. The third kappa shape index (κ3) is 7.54. The Bertz CT molecular complexity index is 1280. The molecule has 3 aliphatic heterocycles. The van der Waals surface area contributed by atoms with Crippen LogP contribution in [0.2, 0.25) is 0 Å². The molecule has 4 aliphatic rings. The largest absolute Gasteiger partial charge is 0.432 e. The summed E-state index contributed by atoms with van der Waals surface area (Å²) in [5.41, 5.74) is -0.564. The van der Waals surface area contributed by atoms with Crippen LogP contribution >= 0.6 is 0 Å². The molecule has 2 aromatic carbocycles. The summed E-state index contributed by atoms with van der Waals surface area (Å²) in [6.45, 7) is 7.72. The highest BCUT2D eigenvalue weighted by molar-refractivity contribution is 5.65. The zero-order valence-corrected chi connectivity index (χ0v) is 27.0. The molecule has 2 unspecified atom stereocenters. The van der Waals surface area contributed by atoms with Gasteiger partial charge in [-0.25, -0.2) is 17.6 Å². The third-order valence-electron chi connectivity index (χ3n) is 10.5. The average Bonchev–Trinajstić information content (AvgIpc) is 3.04. The molecule has 46 heavy (non-hydrogen) atoms. The van der Waals surface area contributed by atoms with Crippen LogP contribution in [0.5, 0.6) is 5.75 Å². The second kappa shape index (κ2) is 14.4. The summed E-state index contributed by atoms with van der Waals surface area (Å²) < 4.78 is 109. The van der Waals surface area contributed by atoms with E-state index in [9.17, 15) is 17.6 Å². The summed E-state index contributed by atoms with van der Waals surface area (Å²) >= 11 is 0. The van der Waals surface area contributed by atoms with Gasteiger partial charge in [0.05, 0.1) is 25.7 Å². The van der Waals surface area contributed by atoms with Gasteiger partial charge in [0.15, 0.2) is 17.5 Å². The second-order valence-electron chi connectivity index (χ2n) is 13.7. The molecule has 10 heteroatoms. The quantitative estimate of drug-likeness (QED) is 0.115. The molecule has 2 atom stereocenters. The fourth-order valence-electron chi connectivity index (χ4n) is 7.44. The highest BCUT2D eigenvalue weighted by Gasteiger charge is 2.56. The van der Waals surface area contributed by atoms with Crippen molar-refractivity contribution in [1.82, 2.24) is 0 Å². The first-order valence-electron chi connectivity index (χ1n) is 16.8. The second-order valence-corrected chi connectivity index (χ2v) is 13.7. The van der Waals surface area contributed by atoms with Crippen molar-refractivity contribution >= 4 is 0 Å². The number of fused-ring (bicyclic) bond motifs is 3. The average molecular weight is 657 g/mol. The van der Waals surface area contributed by atoms with Crippen molar-refractivity contribution in [3.63, 3.8) is 0 Å². The molecule has 1 aliphatic carbocycles. The summed E-state index contributed by atoms with van der Waals surface area (Å²) in [5, 5.41) is 0. The van der Waals surface area contributed by atoms with Crippen LogP contribution in [-0.2, 0) is 14.2 Å². The lowest BCUT2D eigenvalue weighted by Crippen LogP contribution is -2.63. The molecule has 1 saturated carbocycles. The fourth-order valence-corrected chi connectivity index (χ4v) is 7.44. The fraction of sp³-hybridized carbons (Fsp3) is 0.667. The molecule has 0 spiro atoms. The number of halogens is 6. The Hall–Kier alpha value is -2.30. The SMILES string of the molecule is CCCCCC12COC(C3CCC(C(CC)CCC(C)C(F)(F)Oc4ccc(-c5cc(F)c(F)c(F)c5)c(F)c4)CC3)(OC1)OC2. The smallest absolute Gasteiger partial charge is 0.400 e. The molecule has 2 bridgehead atoms. The monoisotopic (exact) mass is 656 g/mol. The van der Waals surface area contributed by atoms with Crippen LogP contribution in [0.3, 0.4) is 0 Å². The molecule has 4 nitrogen and oxygen atoms in total. The van der Waals surface area contributed by atoms with E-state index in [0.717, 1.165) is 63.1 Å². The number of rotatable bonds is 14. The van der Waals surface area contributed by atoms with Gasteiger partial charge in [-0.1, -0.05) is 46.5 Å². The van der Waals surface area contributed by atoms with Crippen LogP contribution in [-0.4, -0.2) is 31.9 Å². The van der Waals surface area contributed by atoms with Crippen molar-refractivity contribution in [2.45, 2.75) is 103 Å². The Kier molecular flexibility index (Phi) is 11.0. The van der Waals surface area contributed by atoms with E-state index in [-0.39, 0.29) is 34.8 Å². The van der Waals surface area contributed by atoms with E-state index >= 15 is 8.78 Å². The van der Waals surface area contributed by atoms with Crippen molar-refractivity contribution in [2.24, 2.45) is 29.1 Å². The Morgan fingerprint density at radius 2 is 1.48 bits per heavy atom. The number of alkyl halides is 2. The van der Waals surface area contributed by atoms with E-state index in [0.29, 0.717) is 44.3 Å². The molecule has 0 radical (unpaired) electrons. The summed E-state index contributed by atoms with van der Waals surface area (Å²) in [6.07, 6.45) is 6.41. The van der Waals surface area contributed by atoms with Gasteiger partial charge in [-0.05, 0) is 86.6 Å². The third-order valence-corrected chi connectivity index (χ3v) is 10.5. The lowest BCUT2D eigenvalue weighted by molar-refractivity contribution is -0.488. The lowest BCUT2D eigenvalue weighted by atomic mass is 9.71. The summed E-state index contributed by atoms with van der Waals surface area (Å²) in [7, 11) is 0. The van der Waals surface area contributed by atoms with Crippen molar-refractivity contribution in [2.75, 3.05) is 19.8 Å². The van der Waals surface area contributed by atoms with Gasteiger partial charge in [0.2, 0.25) is 0 Å². The summed E-state index contributed by atoms with van der Waals surface area (Å²) in [4.78, 5) is 0. The molecule has 3 saturated heterocycles. The van der Waals surface area contributed by atoms with Crippen LogP contribution < -0.4 is 4.74 Å². The number of hydrogen-bond acceptors (Lipinski definition) is 4. The molecular formula is C36H46F6O4. The maximum Gasteiger partial charge on any atom is 0.400 e. The van der Waals surface area contributed by atoms with E-state index in [1.54, 1.807) is 0 Å². The Morgan fingerprint density at radius 3 is 2.04 bits per heavy atom. The zero-order chi connectivity index (χ0) is 33.1. The molecule has 256 valence electrons. The van der Waals surface area contributed by atoms with Crippen molar-refractivity contribution in [3.05, 3.63) is 53.6 Å². The maximum absolute atomic E-state index is 15.1. The Balaban J connectivity index is 1.11. The minimum absolute atomic E-state index is 0.0348. The predicted octanol–water partition coefficient (Wildman–Crippen LogP) is 10.4. The zero-order valence-electron chi connectivity index (χ0n) is 27.0. The number of hydrogen-bond donors (Lipinski definition) is 0. The normalized spacial score (nSPS) is 27.8. The summed E-state index contributed by atoms with van der Waals surface area (Å²) in [5.74, 6) is -7.33. The number of benzene rings is 2. The van der Waals surface area contributed by atoms with Gasteiger partial charge in [-0.2, -0.15) is 8.78 Å². The lowest BCUT2D eigenvalue weighted by Gasteiger charge is -2.55. The van der Waals surface area contributed by atoms with Crippen molar-refractivity contribution in [1.29, 1.82) is 0 Å². The van der Waals surface area contributed by atoms with Crippen LogP contribution in [0.15, 0.2) is 30.3 Å². The van der Waals surface area contributed by atoms with Crippen molar-refractivity contribution < 1.29 is 45.3 Å². The standard InChI is InChI=1S/C36H46F6O4/c1-4-6-7-16-34-20-43-36(44-21-34,45-22-34)27-12-10-25(11-13-27)24(5-2)9-8-23(3)35(41,42)46-28-14-15-29(30(37)19-28)26-17-31(38)33(40)32(39)18-26/h14-15,17-19,23-25,27H,4-13,16,20-22H2,1-3H3. The van der Waals surface area contributed by atoms with Gasteiger partial charge in [0, 0.05) is 23.0 Å². The van der Waals surface area contributed by atoms with Gasteiger partial charge >= 0.3 is 6.11 Å². The number of ether oxygens (including phenoxy) is 4. The first kappa shape index (κ1) is 35.0. The molecule has 4 fully saturated rings. The Labute approximate surface area is 268 Å². The van der Waals surface area contributed by atoms with Crippen LogP contribution in [0.1, 0.15) is 91.4 Å². The molecule has 6 rings (SSSR count). The number of unbranched alkanes of at least 4 members (excludes halogenated alkanes) is 2. The van der Waals surface area contributed by atoms with Crippen LogP contribution in [0, 0.1) is 52.4 Å². The minimum Gasteiger partial charge on any atom is -0.432 e.